The number of aromatic amines is 1. The van der Waals surface area contributed by atoms with Crippen molar-refractivity contribution in [1.82, 2.24) is 19.9 Å². The molecule has 1 unspecified atom stereocenters. The number of nitrogens with zero attached hydrogens (tertiary/aromatic N) is 3. The average molecular weight is 480 g/mol. The second-order valence-electron chi connectivity index (χ2n) is 9.38. The summed E-state index contributed by atoms with van der Waals surface area (Å²) in [4.78, 5) is 40.8. The number of hydrogen-bond acceptors (Lipinski definition) is 8. The first-order valence-corrected chi connectivity index (χ1v) is 12.7. The van der Waals surface area contributed by atoms with E-state index in [0.717, 1.165) is 77.5 Å². The van der Waals surface area contributed by atoms with Gasteiger partial charge in [0.2, 0.25) is 5.91 Å². The van der Waals surface area contributed by atoms with E-state index in [1.165, 1.54) is 21.8 Å². The summed E-state index contributed by atoms with van der Waals surface area (Å²) in [5.74, 6) is 1.12. The Labute approximate surface area is 196 Å². The first-order chi connectivity index (χ1) is 16.1. The molecule has 10 heteroatoms. The van der Waals surface area contributed by atoms with E-state index >= 15 is 0 Å². The van der Waals surface area contributed by atoms with E-state index in [0.29, 0.717) is 5.91 Å². The van der Waals surface area contributed by atoms with Crippen LogP contribution < -0.4 is 10.2 Å². The van der Waals surface area contributed by atoms with Crippen molar-refractivity contribution in [3.8, 4) is 0 Å². The molecule has 5 heterocycles. The topological polar surface area (TPSA) is 100 Å². The van der Waals surface area contributed by atoms with Crippen molar-refractivity contribution < 1.29 is 9.53 Å². The third kappa shape index (κ3) is 3.12. The molecular formula is C23H21N5O3S2. The molecule has 3 aromatic heterocycles. The van der Waals surface area contributed by atoms with Crippen molar-refractivity contribution in [3.05, 3.63) is 44.6 Å². The number of H-pyrrole nitrogens is 1. The molecule has 0 radical (unpaired) electrons. The van der Waals surface area contributed by atoms with Gasteiger partial charge in [-0.05, 0) is 43.0 Å². The van der Waals surface area contributed by atoms with Gasteiger partial charge in [-0.2, -0.15) is 0 Å². The summed E-state index contributed by atoms with van der Waals surface area (Å²) in [5.41, 5.74) is 3.24. The van der Waals surface area contributed by atoms with Gasteiger partial charge in [0, 0.05) is 29.6 Å². The number of rotatable bonds is 3. The summed E-state index contributed by atoms with van der Waals surface area (Å²) < 4.78 is 6.25. The van der Waals surface area contributed by atoms with E-state index < -0.39 is 0 Å². The Morgan fingerprint density at radius 2 is 2.12 bits per heavy atom. The van der Waals surface area contributed by atoms with Gasteiger partial charge in [0.05, 0.1) is 34.2 Å². The Balaban J connectivity index is 1.16. The van der Waals surface area contributed by atoms with E-state index in [1.54, 1.807) is 17.7 Å². The zero-order chi connectivity index (χ0) is 22.2. The maximum absolute atomic E-state index is 13.1. The van der Waals surface area contributed by atoms with Crippen LogP contribution in [0.4, 0.5) is 11.5 Å². The van der Waals surface area contributed by atoms with Crippen molar-refractivity contribution in [3.63, 3.8) is 0 Å². The highest BCUT2D eigenvalue weighted by atomic mass is 32.1. The highest BCUT2D eigenvalue weighted by molar-refractivity contribution is 7.19. The van der Waals surface area contributed by atoms with Crippen LogP contribution in [0.5, 0.6) is 0 Å². The Hall–Kier alpha value is -2.82. The maximum atomic E-state index is 13.1. The predicted molar refractivity (Wildman–Crippen MR) is 128 cm³/mol. The smallest absolute Gasteiger partial charge is 0.305 e. The minimum absolute atomic E-state index is 0.0482. The maximum Gasteiger partial charge on any atom is 0.305 e. The molecule has 8 nitrogen and oxygen atoms in total. The largest absolute Gasteiger partial charge is 0.380 e. The van der Waals surface area contributed by atoms with Crippen molar-refractivity contribution in [2.75, 3.05) is 31.6 Å². The fraction of sp³-hybridized carbons (Fsp3) is 0.391. The number of benzene rings is 1. The number of aromatic nitrogens is 3. The van der Waals surface area contributed by atoms with E-state index in [-0.39, 0.29) is 16.2 Å². The fourth-order valence-electron chi connectivity index (χ4n) is 5.33. The van der Waals surface area contributed by atoms with Crippen molar-refractivity contribution in [2.24, 2.45) is 11.3 Å². The number of ether oxygens (including phenoxy) is 1. The average Bonchev–Trinajstić information content (AvgIpc) is 3.30. The van der Waals surface area contributed by atoms with Crippen LogP contribution in [0.25, 0.3) is 20.4 Å². The molecule has 1 amide bonds. The van der Waals surface area contributed by atoms with E-state index in [1.807, 2.05) is 23.1 Å². The Morgan fingerprint density at radius 1 is 1.24 bits per heavy atom. The molecule has 0 saturated carbocycles. The van der Waals surface area contributed by atoms with Gasteiger partial charge in [0.15, 0.2) is 0 Å². The van der Waals surface area contributed by atoms with Gasteiger partial charge in [-0.25, -0.2) is 9.97 Å². The minimum Gasteiger partial charge on any atom is -0.380 e. The molecule has 1 atom stereocenters. The van der Waals surface area contributed by atoms with Crippen molar-refractivity contribution >= 4 is 60.5 Å². The monoisotopic (exact) mass is 479 g/mol. The van der Waals surface area contributed by atoms with Gasteiger partial charge in [-0.15, -0.1) is 11.3 Å². The van der Waals surface area contributed by atoms with Crippen molar-refractivity contribution in [1.29, 1.82) is 0 Å². The highest BCUT2D eigenvalue weighted by Gasteiger charge is 2.51. The molecule has 2 fully saturated rings. The predicted octanol–water partition coefficient (Wildman–Crippen LogP) is 3.30. The van der Waals surface area contributed by atoms with Gasteiger partial charge >= 0.3 is 4.87 Å². The summed E-state index contributed by atoms with van der Waals surface area (Å²) in [5, 5.41) is 4.49. The second-order valence-corrected chi connectivity index (χ2v) is 11.5. The Kier molecular flexibility index (Phi) is 4.22. The number of carbonyl (C=O) groups is 1. The lowest BCUT2D eigenvalue weighted by Gasteiger charge is -2.55. The zero-order valence-electron chi connectivity index (χ0n) is 17.7. The van der Waals surface area contributed by atoms with Crippen molar-refractivity contribution in [2.45, 2.75) is 19.3 Å². The van der Waals surface area contributed by atoms with E-state index in [2.05, 4.69) is 20.3 Å². The molecule has 2 saturated heterocycles. The summed E-state index contributed by atoms with van der Waals surface area (Å²) in [6, 6.07) is 5.81. The zero-order valence-corrected chi connectivity index (χ0v) is 19.4. The lowest BCUT2D eigenvalue weighted by molar-refractivity contribution is -0.197. The number of fused-ring (bicyclic) bond motifs is 4. The highest BCUT2D eigenvalue weighted by Crippen LogP contribution is 2.43. The van der Waals surface area contributed by atoms with Gasteiger partial charge in [0.25, 0.3) is 0 Å². The third-order valence-electron chi connectivity index (χ3n) is 7.06. The molecule has 7 rings (SSSR count). The first-order valence-electron chi connectivity index (χ1n) is 11.1. The Morgan fingerprint density at radius 3 is 2.94 bits per heavy atom. The van der Waals surface area contributed by atoms with E-state index in [4.69, 9.17) is 4.74 Å². The van der Waals surface area contributed by atoms with Gasteiger partial charge in [-0.3, -0.25) is 9.59 Å². The van der Waals surface area contributed by atoms with Crippen LogP contribution in [0, 0.1) is 11.3 Å². The number of thiophene rings is 1. The van der Waals surface area contributed by atoms with Crippen LogP contribution in [0.3, 0.4) is 0 Å². The quantitative estimate of drug-likeness (QED) is 0.468. The third-order valence-corrected chi connectivity index (χ3v) is 9.07. The Bertz CT molecular complexity index is 1480. The fourth-order valence-corrected chi connectivity index (χ4v) is 7.37. The number of aryl methyl sites for hydroxylation is 1. The van der Waals surface area contributed by atoms with Crippen LogP contribution >= 0.6 is 22.7 Å². The number of hydrogen-bond donors (Lipinski definition) is 2. The van der Waals surface area contributed by atoms with Crippen LogP contribution in [0.15, 0.2) is 29.3 Å². The van der Waals surface area contributed by atoms with Crippen LogP contribution in [-0.2, 0) is 22.4 Å². The molecule has 3 aliphatic rings. The molecule has 1 spiro atoms. The normalized spacial score (nSPS) is 21.1. The summed E-state index contributed by atoms with van der Waals surface area (Å²) >= 11 is 2.88. The molecule has 2 N–H and O–H groups in total. The lowest BCUT2D eigenvalue weighted by atomic mass is 9.76. The first kappa shape index (κ1) is 19.6. The minimum atomic E-state index is -0.0583. The summed E-state index contributed by atoms with van der Waals surface area (Å²) in [6.45, 7) is 3.29. The summed E-state index contributed by atoms with van der Waals surface area (Å²) in [6.07, 6.45) is 4.07. The molecule has 168 valence electrons. The number of likely N-dealkylation sites (tertiary alicyclic amines) is 1. The number of thiazole rings is 1. The molecule has 1 aromatic carbocycles. The van der Waals surface area contributed by atoms with Crippen LogP contribution in [0.1, 0.15) is 16.9 Å². The standard InChI is InChI=1S/C23H21N5O3S2/c29-21(28-7-23(8-28)9-31-10-23)12-1-3-14-16(5-12)32-20-18(14)19(24-11-25-20)26-13-2-4-15-17(6-13)33-22(30)27-15/h2,4,6,11-12H,1,3,5,7-10H2,(H,27,30)(H,24,25,26). The van der Waals surface area contributed by atoms with Gasteiger partial charge < -0.3 is 19.9 Å². The number of anilines is 2. The number of amides is 1. The molecule has 0 bridgehead atoms. The van der Waals surface area contributed by atoms with Crippen LogP contribution in [-0.4, -0.2) is 52.1 Å². The number of nitrogens with one attached hydrogen (secondary N) is 2. The molecular weight excluding hydrogens is 458 g/mol. The second kappa shape index (κ2) is 7.09. The lowest BCUT2D eigenvalue weighted by Crippen LogP contribution is -2.68. The molecule has 33 heavy (non-hydrogen) atoms. The molecule has 2 aliphatic heterocycles. The molecule has 4 aromatic rings. The van der Waals surface area contributed by atoms with Gasteiger partial charge in [0.1, 0.15) is 17.0 Å². The summed E-state index contributed by atoms with van der Waals surface area (Å²) in [7, 11) is 0. The molecule has 1 aliphatic carbocycles. The van der Waals surface area contributed by atoms with Gasteiger partial charge in [-0.1, -0.05) is 11.3 Å². The van der Waals surface area contributed by atoms with E-state index in [9.17, 15) is 9.59 Å². The number of carbonyl (C=O) groups excluding carboxylic acids is 1. The SMILES string of the molecule is O=C(C1CCc2c(sc3ncnc(Nc4ccc5[nH]c(=O)sc5c4)c23)C1)N1CC2(COC2)C1. The van der Waals surface area contributed by atoms with Crippen LogP contribution in [0.2, 0.25) is 0 Å².